The summed E-state index contributed by atoms with van der Waals surface area (Å²) in [6.45, 7) is 1.42. The summed E-state index contributed by atoms with van der Waals surface area (Å²) in [4.78, 5) is 25.0. The average molecular weight is 241 g/mol. The molecular weight excluding hydrogens is 226 g/mol. The Bertz CT molecular complexity index is 521. The van der Waals surface area contributed by atoms with Crippen LogP contribution in [0, 0.1) is 6.92 Å². The number of ether oxygens (including phenoxy) is 1. The van der Waals surface area contributed by atoms with Gasteiger partial charge in [0.2, 0.25) is 0 Å². The molecule has 0 radical (unpaired) electrons. The van der Waals surface area contributed by atoms with Gasteiger partial charge in [0.25, 0.3) is 5.56 Å². The van der Waals surface area contributed by atoms with Crippen LogP contribution < -0.4 is 17.0 Å². The molecule has 17 heavy (non-hydrogen) atoms. The maximum absolute atomic E-state index is 11.6. The van der Waals surface area contributed by atoms with Crippen LogP contribution in [0.3, 0.4) is 0 Å². The molecule has 3 atom stereocenters. The molecule has 1 aliphatic heterocycles. The Morgan fingerprint density at radius 3 is 2.94 bits per heavy atom. The van der Waals surface area contributed by atoms with Gasteiger partial charge in [0.15, 0.2) is 0 Å². The first-order valence-electron chi connectivity index (χ1n) is 5.37. The van der Waals surface area contributed by atoms with Crippen molar-refractivity contribution in [1.29, 1.82) is 0 Å². The fourth-order valence-electron chi connectivity index (χ4n) is 1.90. The molecule has 1 saturated heterocycles. The van der Waals surface area contributed by atoms with Crippen LogP contribution in [0.4, 0.5) is 0 Å². The van der Waals surface area contributed by atoms with Gasteiger partial charge in [0.1, 0.15) is 6.23 Å². The standard InChI is InChI=1S/C10H15N3O4/c1-5-3-13(10(16)12-9(5)15)8-2-6(11)7(4-14)17-8/h3,6-8,14H,2,4,11H2,1H3,(H,12,15,16)/t6-,7-,8+/m0/s1. The van der Waals surface area contributed by atoms with Gasteiger partial charge in [-0.25, -0.2) is 4.79 Å². The van der Waals surface area contributed by atoms with Crippen LogP contribution in [0.2, 0.25) is 0 Å². The molecule has 1 aliphatic rings. The van der Waals surface area contributed by atoms with Crippen molar-refractivity contribution in [3.8, 4) is 0 Å². The lowest BCUT2D eigenvalue weighted by molar-refractivity contribution is -0.0271. The molecule has 2 heterocycles. The SMILES string of the molecule is Cc1cn([C@H]2C[C@H](N)[C@H](CO)O2)c(=O)[nH]c1=O. The number of nitrogens with two attached hydrogens (primary N) is 1. The molecular formula is C10H15N3O4. The van der Waals surface area contributed by atoms with Crippen molar-refractivity contribution in [2.75, 3.05) is 6.61 Å². The van der Waals surface area contributed by atoms with E-state index in [-0.39, 0.29) is 12.6 Å². The minimum Gasteiger partial charge on any atom is -0.394 e. The van der Waals surface area contributed by atoms with E-state index < -0.39 is 23.6 Å². The second-order valence-corrected chi connectivity index (χ2v) is 4.19. The van der Waals surface area contributed by atoms with Crippen molar-refractivity contribution in [3.05, 3.63) is 32.6 Å². The molecule has 1 fully saturated rings. The third kappa shape index (κ3) is 2.17. The van der Waals surface area contributed by atoms with Crippen LogP contribution in [0.25, 0.3) is 0 Å². The quantitative estimate of drug-likeness (QED) is 0.580. The highest BCUT2D eigenvalue weighted by atomic mass is 16.5. The zero-order chi connectivity index (χ0) is 12.6. The van der Waals surface area contributed by atoms with E-state index in [1.54, 1.807) is 6.92 Å². The van der Waals surface area contributed by atoms with Gasteiger partial charge in [0.05, 0.1) is 12.7 Å². The first-order chi connectivity index (χ1) is 8.02. The van der Waals surface area contributed by atoms with Gasteiger partial charge in [-0.2, -0.15) is 0 Å². The number of hydrogen-bond acceptors (Lipinski definition) is 5. The maximum Gasteiger partial charge on any atom is 0.330 e. The van der Waals surface area contributed by atoms with Crippen molar-refractivity contribution >= 4 is 0 Å². The smallest absolute Gasteiger partial charge is 0.330 e. The van der Waals surface area contributed by atoms with Crippen molar-refractivity contribution in [1.82, 2.24) is 9.55 Å². The summed E-state index contributed by atoms with van der Waals surface area (Å²) >= 11 is 0. The lowest BCUT2D eigenvalue weighted by atomic mass is 10.1. The van der Waals surface area contributed by atoms with E-state index in [4.69, 9.17) is 15.6 Å². The second-order valence-electron chi connectivity index (χ2n) is 4.19. The summed E-state index contributed by atoms with van der Waals surface area (Å²) in [6.07, 6.45) is 0.860. The third-order valence-corrected chi connectivity index (χ3v) is 2.92. The van der Waals surface area contributed by atoms with Crippen LogP contribution in [0.1, 0.15) is 18.2 Å². The van der Waals surface area contributed by atoms with Gasteiger partial charge >= 0.3 is 5.69 Å². The molecule has 0 spiro atoms. The summed E-state index contributed by atoms with van der Waals surface area (Å²) in [7, 11) is 0. The molecule has 7 heteroatoms. The number of nitrogens with zero attached hydrogens (tertiary/aromatic N) is 1. The van der Waals surface area contributed by atoms with Crippen LogP contribution in [-0.2, 0) is 4.74 Å². The van der Waals surface area contributed by atoms with Gasteiger partial charge < -0.3 is 15.6 Å². The van der Waals surface area contributed by atoms with Crippen molar-refractivity contribution in [3.63, 3.8) is 0 Å². The van der Waals surface area contributed by atoms with E-state index in [1.165, 1.54) is 10.8 Å². The fourth-order valence-corrected chi connectivity index (χ4v) is 1.90. The molecule has 94 valence electrons. The number of aromatic amines is 1. The number of aryl methyl sites for hydroxylation is 1. The molecule has 0 unspecified atom stereocenters. The van der Waals surface area contributed by atoms with Gasteiger partial charge in [-0.1, -0.05) is 0 Å². The third-order valence-electron chi connectivity index (χ3n) is 2.92. The normalized spacial score (nSPS) is 28.5. The highest BCUT2D eigenvalue weighted by Gasteiger charge is 2.33. The molecule has 2 rings (SSSR count). The maximum atomic E-state index is 11.6. The minimum atomic E-state index is -0.537. The molecule has 7 nitrogen and oxygen atoms in total. The van der Waals surface area contributed by atoms with Crippen LogP contribution in [0.5, 0.6) is 0 Å². The van der Waals surface area contributed by atoms with Crippen LogP contribution >= 0.6 is 0 Å². The lowest BCUT2D eigenvalue weighted by Gasteiger charge is -2.14. The number of aliphatic hydroxyl groups excluding tert-OH is 1. The zero-order valence-corrected chi connectivity index (χ0v) is 9.42. The van der Waals surface area contributed by atoms with Gasteiger partial charge in [-0.3, -0.25) is 14.3 Å². The zero-order valence-electron chi connectivity index (χ0n) is 9.42. The molecule has 1 aromatic rings. The van der Waals surface area contributed by atoms with Crippen molar-refractivity contribution < 1.29 is 9.84 Å². The largest absolute Gasteiger partial charge is 0.394 e. The van der Waals surface area contributed by atoms with Gasteiger partial charge in [-0.15, -0.1) is 0 Å². The number of rotatable bonds is 2. The summed E-state index contributed by atoms with van der Waals surface area (Å²) < 4.78 is 6.75. The van der Waals surface area contributed by atoms with Gasteiger partial charge in [-0.05, 0) is 6.92 Å². The lowest BCUT2D eigenvalue weighted by Crippen LogP contribution is -2.33. The van der Waals surface area contributed by atoms with E-state index in [2.05, 4.69) is 4.98 Å². The Balaban J connectivity index is 2.34. The number of H-pyrrole nitrogens is 1. The summed E-state index contributed by atoms with van der Waals surface area (Å²) in [5.41, 5.74) is 5.25. The van der Waals surface area contributed by atoms with Crippen molar-refractivity contribution in [2.45, 2.75) is 31.7 Å². The van der Waals surface area contributed by atoms with Crippen LogP contribution in [-0.4, -0.2) is 33.4 Å². The van der Waals surface area contributed by atoms with E-state index >= 15 is 0 Å². The average Bonchev–Trinajstić information content (AvgIpc) is 2.65. The number of aliphatic hydroxyl groups is 1. The molecule has 0 saturated carbocycles. The molecule has 0 aromatic carbocycles. The summed E-state index contributed by atoms with van der Waals surface area (Å²) in [5, 5.41) is 9.02. The highest BCUT2D eigenvalue weighted by molar-refractivity contribution is 5.02. The molecule has 1 aromatic heterocycles. The Kier molecular flexibility index (Phi) is 3.14. The number of nitrogens with one attached hydrogen (secondary N) is 1. The summed E-state index contributed by atoms with van der Waals surface area (Å²) in [5.74, 6) is 0. The minimum absolute atomic E-state index is 0.186. The summed E-state index contributed by atoms with van der Waals surface area (Å²) in [6, 6.07) is -0.316. The predicted molar refractivity (Wildman–Crippen MR) is 59.6 cm³/mol. The second kappa shape index (κ2) is 4.44. The first kappa shape index (κ1) is 12.0. The van der Waals surface area contributed by atoms with Gasteiger partial charge in [0, 0.05) is 24.2 Å². The number of aromatic nitrogens is 2. The monoisotopic (exact) mass is 241 g/mol. The van der Waals surface area contributed by atoms with E-state index in [1.807, 2.05) is 0 Å². The predicted octanol–water partition coefficient (Wildman–Crippen LogP) is -1.55. The molecule has 0 aliphatic carbocycles. The molecule has 0 bridgehead atoms. The topological polar surface area (TPSA) is 110 Å². The molecule has 4 N–H and O–H groups in total. The Hall–Kier alpha value is -1.44. The fraction of sp³-hybridized carbons (Fsp3) is 0.600. The Morgan fingerprint density at radius 2 is 2.35 bits per heavy atom. The molecule has 0 amide bonds. The van der Waals surface area contributed by atoms with E-state index in [0.29, 0.717) is 12.0 Å². The number of hydrogen-bond donors (Lipinski definition) is 3. The van der Waals surface area contributed by atoms with Crippen LogP contribution in [0.15, 0.2) is 15.8 Å². The van der Waals surface area contributed by atoms with E-state index in [9.17, 15) is 9.59 Å². The highest BCUT2D eigenvalue weighted by Crippen LogP contribution is 2.25. The van der Waals surface area contributed by atoms with Crippen molar-refractivity contribution in [2.24, 2.45) is 5.73 Å². The Morgan fingerprint density at radius 1 is 1.65 bits per heavy atom. The first-order valence-corrected chi connectivity index (χ1v) is 5.37. The van der Waals surface area contributed by atoms with E-state index in [0.717, 1.165) is 0 Å². The Labute approximate surface area is 96.8 Å².